The summed E-state index contributed by atoms with van der Waals surface area (Å²) in [6, 6.07) is 22.8. The van der Waals surface area contributed by atoms with Gasteiger partial charge < -0.3 is 19.3 Å². The Labute approximate surface area is 243 Å². The lowest BCUT2D eigenvalue weighted by atomic mass is 9.84. The van der Waals surface area contributed by atoms with Crippen molar-refractivity contribution in [3.63, 3.8) is 0 Å². The largest absolute Gasteiger partial charge is 0.497 e. The lowest BCUT2D eigenvalue weighted by Gasteiger charge is -2.29. The molecule has 3 N–H and O–H groups in total. The summed E-state index contributed by atoms with van der Waals surface area (Å²) in [5.74, 6) is 1.35. The van der Waals surface area contributed by atoms with Crippen LogP contribution in [-0.2, 0) is 16.0 Å². The predicted octanol–water partition coefficient (Wildman–Crippen LogP) is 4.92. The Bertz CT molecular complexity index is 1310. The maximum atomic E-state index is 13.8. The SMILES string of the molecule is C=CC[C@]1(C(=O)NNCCc2ccc(Br)cc2)N=C(c2ccc(OCCCO)cc2)O[C@H]1c1cccc(OC)c1. The van der Waals surface area contributed by atoms with Crippen molar-refractivity contribution in [1.82, 2.24) is 10.9 Å². The van der Waals surface area contributed by atoms with Gasteiger partial charge in [-0.3, -0.25) is 10.2 Å². The van der Waals surface area contributed by atoms with Crippen LogP contribution in [0, 0.1) is 0 Å². The first-order chi connectivity index (χ1) is 19.5. The van der Waals surface area contributed by atoms with E-state index in [4.69, 9.17) is 24.3 Å². The van der Waals surface area contributed by atoms with Gasteiger partial charge in [0.1, 0.15) is 11.5 Å². The van der Waals surface area contributed by atoms with Crippen molar-refractivity contribution in [3.8, 4) is 11.5 Å². The standard InChI is InChI=1S/C31H34BrN3O5/c1-3-17-31(30(37)35-33-18-16-22-8-12-25(32)13-9-22)28(24-6-4-7-27(21-24)38-2)40-29(34-31)23-10-14-26(15-11-23)39-20-5-19-36/h3-4,6-15,21,28,33,36H,1,5,16-20H2,2H3,(H,35,37)/t28-,31-/m0/s1. The van der Waals surface area contributed by atoms with E-state index in [0.717, 1.165) is 22.0 Å². The minimum Gasteiger partial charge on any atom is -0.497 e. The highest BCUT2D eigenvalue weighted by Gasteiger charge is 2.52. The summed E-state index contributed by atoms with van der Waals surface area (Å²) in [4.78, 5) is 18.7. The summed E-state index contributed by atoms with van der Waals surface area (Å²) >= 11 is 3.45. The molecule has 1 aliphatic heterocycles. The molecule has 0 spiro atoms. The highest BCUT2D eigenvalue weighted by Crippen LogP contribution is 2.43. The van der Waals surface area contributed by atoms with Crippen LogP contribution in [0.1, 0.15) is 35.6 Å². The second-order valence-electron chi connectivity index (χ2n) is 9.32. The predicted molar refractivity (Wildman–Crippen MR) is 159 cm³/mol. The van der Waals surface area contributed by atoms with E-state index < -0.39 is 11.6 Å². The van der Waals surface area contributed by atoms with Gasteiger partial charge in [0.15, 0.2) is 11.6 Å². The average molecular weight is 609 g/mol. The van der Waals surface area contributed by atoms with Crippen molar-refractivity contribution < 1.29 is 24.1 Å². The Kier molecular flexibility index (Phi) is 10.3. The number of aliphatic imine (C=N–C) groups is 1. The molecule has 3 aromatic rings. The first-order valence-corrected chi connectivity index (χ1v) is 13.9. The fourth-order valence-corrected chi connectivity index (χ4v) is 4.71. The molecular weight excluding hydrogens is 574 g/mol. The Morgan fingerprint density at radius 1 is 1.15 bits per heavy atom. The van der Waals surface area contributed by atoms with Gasteiger partial charge in [-0.1, -0.05) is 46.3 Å². The van der Waals surface area contributed by atoms with Crippen molar-refractivity contribution in [2.24, 2.45) is 4.99 Å². The lowest BCUT2D eigenvalue weighted by molar-refractivity contribution is -0.129. The van der Waals surface area contributed by atoms with Crippen LogP contribution in [0.3, 0.4) is 0 Å². The number of carbonyl (C=O) groups excluding carboxylic acids is 1. The first-order valence-electron chi connectivity index (χ1n) is 13.1. The van der Waals surface area contributed by atoms with E-state index in [2.05, 4.69) is 33.4 Å². The third kappa shape index (κ3) is 7.10. The van der Waals surface area contributed by atoms with Gasteiger partial charge in [-0.15, -0.1) is 6.58 Å². The molecular formula is C31H34BrN3O5. The van der Waals surface area contributed by atoms with Crippen LogP contribution in [0.25, 0.3) is 0 Å². The van der Waals surface area contributed by atoms with Crippen LogP contribution in [0.4, 0.5) is 0 Å². The second-order valence-corrected chi connectivity index (χ2v) is 10.2. The quantitative estimate of drug-likeness (QED) is 0.137. The molecule has 0 fully saturated rings. The highest BCUT2D eigenvalue weighted by molar-refractivity contribution is 9.10. The van der Waals surface area contributed by atoms with E-state index in [1.807, 2.05) is 72.8 Å². The van der Waals surface area contributed by atoms with Crippen LogP contribution in [0.5, 0.6) is 11.5 Å². The fraction of sp³-hybridized carbons (Fsp3) is 0.290. The van der Waals surface area contributed by atoms with Crippen LogP contribution in [-0.4, -0.2) is 49.3 Å². The van der Waals surface area contributed by atoms with Gasteiger partial charge in [-0.25, -0.2) is 10.4 Å². The van der Waals surface area contributed by atoms with Gasteiger partial charge in [0.05, 0.1) is 13.7 Å². The molecule has 0 unspecified atom stereocenters. The van der Waals surface area contributed by atoms with Crippen molar-refractivity contribution in [3.05, 3.63) is 107 Å². The molecule has 1 aliphatic rings. The summed E-state index contributed by atoms with van der Waals surface area (Å²) in [7, 11) is 1.60. The topological polar surface area (TPSA) is 101 Å². The molecule has 1 heterocycles. The molecule has 9 heteroatoms. The van der Waals surface area contributed by atoms with Crippen molar-refractivity contribution >= 4 is 27.7 Å². The van der Waals surface area contributed by atoms with E-state index in [9.17, 15) is 4.79 Å². The summed E-state index contributed by atoms with van der Waals surface area (Å²) in [6.07, 6.45) is 2.50. The second kappa shape index (κ2) is 14.1. The third-order valence-electron chi connectivity index (χ3n) is 6.54. The van der Waals surface area contributed by atoms with Gasteiger partial charge in [0.25, 0.3) is 5.91 Å². The smallest absolute Gasteiger partial charge is 0.266 e. The van der Waals surface area contributed by atoms with Crippen molar-refractivity contribution in [2.75, 3.05) is 26.9 Å². The van der Waals surface area contributed by atoms with E-state index in [0.29, 0.717) is 42.5 Å². The first kappa shape index (κ1) is 29.3. The zero-order valence-corrected chi connectivity index (χ0v) is 24.0. The Morgan fingerprint density at radius 3 is 2.62 bits per heavy atom. The number of rotatable bonds is 14. The molecule has 2 atom stereocenters. The number of benzene rings is 3. The maximum Gasteiger partial charge on any atom is 0.266 e. The van der Waals surface area contributed by atoms with E-state index in [1.165, 1.54) is 0 Å². The number of hydrazine groups is 1. The van der Waals surface area contributed by atoms with E-state index >= 15 is 0 Å². The number of aliphatic hydroxyl groups is 1. The Morgan fingerprint density at radius 2 is 1.93 bits per heavy atom. The van der Waals surface area contributed by atoms with Gasteiger partial charge in [-0.2, -0.15) is 0 Å². The summed E-state index contributed by atoms with van der Waals surface area (Å²) in [5, 5.41) is 8.98. The van der Waals surface area contributed by atoms with Crippen molar-refractivity contribution in [2.45, 2.75) is 30.9 Å². The van der Waals surface area contributed by atoms with Crippen LogP contribution in [0.15, 0.2) is 94.9 Å². The molecule has 0 aromatic heterocycles. The Hall–Kier alpha value is -3.66. The summed E-state index contributed by atoms with van der Waals surface area (Å²) in [5.41, 5.74) is 7.24. The van der Waals surface area contributed by atoms with Crippen molar-refractivity contribution in [1.29, 1.82) is 0 Å². The summed E-state index contributed by atoms with van der Waals surface area (Å²) < 4.78 is 18.5. The molecule has 210 valence electrons. The number of nitrogens with one attached hydrogen (secondary N) is 2. The fourth-order valence-electron chi connectivity index (χ4n) is 4.45. The van der Waals surface area contributed by atoms with E-state index in [-0.39, 0.29) is 18.9 Å². The average Bonchev–Trinajstić information content (AvgIpc) is 3.37. The van der Waals surface area contributed by atoms with Gasteiger partial charge in [0, 0.05) is 36.0 Å². The molecule has 0 saturated heterocycles. The van der Waals surface area contributed by atoms with Gasteiger partial charge in [0.2, 0.25) is 5.90 Å². The minimum absolute atomic E-state index is 0.0704. The summed E-state index contributed by atoms with van der Waals surface area (Å²) in [6.45, 7) is 4.94. The monoisotopic (exact) mass is 607 g/mol. The number of methoxy groups -OCH3 is 1. The van der Waals surface area contributed by atoms with Gasteiger partial charge >= 0.3 is 0 Å². The zero-order valence-electron chi connectivity index (χ0n) is 22.4. The van der Waals surface area contributed by atoms with Crippen LogP contribution < -0.4 is 20.3 Å². The normalized spacial score (nSPS) is 18.0. The molecule has 8 nitrogen and oxygen atoms in total. The van der Waals surface area contributed by atoms with Crippen LogP contribution >= 0.6 is 15.9 Å². The lowest BCUT2D eigenvalue weighted by Crippen LogP contribution is -2.52. The minimum atomic E-state index is -1.30. The molecule has 1 amide bonds. The number of hydrogen-bond acceptors (Lipinski definition) is 7. The number of halogens is 1. The molecule has 0 radical (unpaired) electrons. The number of aliphatic hydroxyl groups excluding tert-OH is 1. The number of hydrogen-bond donors (Lipinski definition) is 3. The number of ether oxygens (including phenoxy) is 3. The maximum absolute atomic E-state index is 13.8. The number of amides is 1. The third-order valence-corrected chi connectivity index (χ3v) is 7.06. The molecule has 4 rings (SSSR count). The Balaban J connectivity index is 1.58. The molecule has 3 aromatic carbocycles. The molecule has 0 aliphatic carbocycles. The number of nitrogens with zero attached hydrogens (tertiary/aromatic N) is 1. The van der Waals surface area contributed by atoms with Gasteiger partial charge in [-0.05, 0) is 66.1 Å². The highest BCUT2D eigenvalue weighted by atomic mass is 79.9. The van der Waals surface area contributed by atoms with Crippen LogP contribution in [0.2, 0.25) is 0 Å². The molecule has 0 saturated carbocycles. The molecule has 0 bridgehead atoms. The zero-order chi connectivity index (χ0) is 28.4. The number of carbonyl (C=O) groups is 1. The van der Waals surface area contributed by atoms with E-state index in [1.54, 1.807) is 13.2 Å². The molecule has 40 heavy (non-hydrogen) atoms.